The molecule has 0 saturated carbocycles. The van der Waals surface area contributed by atoms with Crippen LogP contribution in [0.5, 0.6) is 0 Å². The number of carbonyl (C=O) groups excluding carboxylic acids is 1. The van der Waals surface area contributed by atoms with Crippen LogP contribution in [0.1, 0.15) is 31.1 Å². The van der Waals surface area contributed by atoms with E-state index in [-0.39, 0.29) is 5.97 Å². The Hall–Kier alpha value is -1.35. The second-order valence-electron chi connectivity index (χ2n) is 3.04. The number of carbonyl (C=O) groups is 1. The SMILES string of the molecule is CCNCC.CCOC(=O)c1ccccc1. The molecule has 0 amide bonds. The zero-order chi connectivity index (χ0) is 12.2. The van der Waals surface area contributed by atoms with Gasteiger partial charge in [0, 0.05) is 0 Å². The third-order valence-corrected chi connectivity index (χ3v) is 1.78. The third kappa shape index (κ3) is 7.01. The van der Waals surface area contributed by atoms with Crippen molar-refractivity contribution in [3.05, 3.63) is 35.9 Å². The van der Waals surface area contributed by atoms with Crippen molar-refractivity contribution < 1.29 is 9.53 Å². The van der Waals surface area contributed by atoms with Crippen LogP contribution in [-0.2, 0) is 4.74 Å². The lowest BCUT2D eigenvalue weighted by Gasteiger charge is -1.99. The van der Waals surface area contributed by atoms with E-state index in [0.717, 1.165) is 13.1 Å². The standard InChI is InChI=1S/C9H10O2.C4H11N/c1-2-11-9(10)8-6-4-3-5-7-8;1-3-5-4-2/h3-7H,2H2,1H3;5H,3-4H2,1-2H3. The summed E-state index contributed by atoms with van der Waals surface area (Å²) >= 11 is 0. The van der Waals surface area contributed by atoms with Crippen molar-refractivity contribution in [3.63, 3.8) is 0 Å². The van der Waals surface area contributed by atoms with Crippen LogP contribution in [0.3, 0.4) is 0 Å². The highest BCUT2D eigenvalue weighted by atomic mass is 16.5. The zero-order valence-electron chi connectivity index (χ0n) is 10.3. The summed E-state index contributed by atoms with van der Waals surface area (Å²) < 4.78 is 4.79. The Morgan fingerprint density at radius 3 is 2.06 bits per heavy atom. The van der Waals surface area contributed by atoms with Gasteiger partial charge in [-0.2, -0.15) is 0 Å². The fourth-order valence-electron chi connectivity index (χ4n) is 1.04. The largest absolute Gasteiger partial charge is 0.462 e. The molecule has 90 valence electrons. The molecule has 0 spiro atoms. The second kappa shape index (κ2) is 10.2. The Labute approximate surface area is 97.8 Å². The fraction of sp³-hybridized carbons (Fsp3) is 0.462. The average molecular weight is 223 g/mol. The van der Waals surface area contributed by atoms with E-state index in [9.17, 15) is 4.79 Å². The molecule has 0 aliphatic heterocycles. The molecule has 0 saturated heterocycles. The van der Waals surface area contributed by atoms with Crippen molar-refractivity contribution in [2.75, 3.05) is 19.7 Å². The third-order valence-electron chi connectivity index (χ3n) is 1.78. The number of benzene rings is 1. The number of esters is 1. The molecular formula is C13H21NO2. The first-order chi connectivity index (χ1) is 7.76. The molecule has 0 aromatic heterocycles. The summed E-state index contributed by atoms with van der Waals surface area (Å²) in [4.78, 5) is 11.0. The molecule has 1 N–H and O–H groups in total. The van der Waals surface area contributed by atoms with Crippen LogP contribution in [0.15, 0.2) is 30.3 Å². The normalized spacial score (nSPS) is 8.94. The molecular weight excluding hydrogens is 202 g/mol. The number of nitrogens with one attached hydrogen (secondary N) is 1. The van der Waals surface area contributed by atoms with Crippen molar-refractivity contribution in [2.24, 2.45) is 0 Å². The summed E-state index contributed by atoms with van der Waals surface area (Å²) in [5.41, 5.74) is 0.606. The lowest BCUT2D eigenvalue weighted by molar-refractivity contribution is 0.0526. The van der Waals surface area contributed by atoms with Gasteiger partial charge in [-0.15, -0.1) is 0 Å². The van der Waals surface area contributed by atoms with E-state index in [1.54, 1.807) is 19.1 Å². The van der Waals surface area contributed by atoms with Gasteiger partial charge >= 0.3 is 5.97 Å². The van der Waals surface area contributed by atoms with Crippen molar-refractivity contribution in [3.8, 4) is 0 Å². The minimum Gasteiger partial charge on any atom is -0.462 e. The predicted molar refractivity (Wildman–Crippen MR) is 66.6 cm³/mol. The molecule has 0 aliphatic rings. The van der Waals surface area contributed by atoms with Gasteiger partial charge in [0.2, 0.25) is 0 Å². The average Bonchev–Trinajstić information content (AvgIpc) is 2.32. The second-order valence-corrected chi connectivity index (χ2v) is 3.04. The smallest absolute Gasteiger partial charge is 0.338 e. The van der Waals surface area contributed by atoms with E-state index < -0.39 is 0 Å². The van der Waals surface area contributed by atoms with E-state index in [2.05, 4.69) is 19.2 Å². The Kier molecular flexibility index (Phi) is 9.32. The number of hydrogen-bond donors (Lipinski definition) is 1. The highest BCUT2D eigenvalue weighted by Crippen LogP contribution is 1.99. The summed E-state index contributed by atoms with van der Waals surface area (Å²) in [5, 5.41) is 3.11. The molecule has 1 aromatic carbocycles. The lowest BCUT2D eigenvalue weighted by Crippen LogP contribution is -2.09. The van der Waals surface area contributed by atoms with E-state index in [1.807, 2.05) is 18.2 Å². The molecule has 0 unspecified atom stereocenters. The van der Waals surface area contributed by atoms with Gasteiger partial charge in [-0.25, -0.2) is 4.79 Å². The van der Waals surface area contributed by atoms with E-state index in [0.29, 0.717) is 12.2 Å². The monoisotopic (exact) mass is 223 g/mol. The Morgan fingerprint density at radius 2 is 1.69 bits per heavy atom. The molecule has 0 bridgehead atoms. The summed E-state index contributed by atoms with van der Waals surface area (Å²) in [6.07, 6.45) is 0. The Morgan fingerprint density at radius 1 is 1.12 bits per heavy atom. The molecule has 0 atom stereocenters. The maximum absolute atomic E-state index is 11.0. The summed E-state index contributed by atoms with van der Waals surface area (Å²) in [5.74, 6) is -0.256. The maximum atomic E-state index is 11.0. The van der Waals surface area contributed by atoms with E-state index in [1.165, 1.54) is 0 Å². The minimum absolute atomic E-state index is 0.256. The fourth-order valence-corrected chi connectivity index (χ4v) is 1.04. The molecule has 3 heteroatoms. The molecule has 16 heavy (non-hydrogen) atoms. The minimum atomic E-state index is -0.256. The van der Waals surface area contributed by atoms with Crippen LogP contribution >= 0.6 is 0 Å². The van der Waals surface area contributed by atoms with Gasteiger partial charge in [-0.3, -0.25) is 0 Å². The summed E-state index contributed by atoms with van der Waals surface area (Å²) in [6.45, 7) is 8.61. The summed E-state index contributed by atoms with van der Waals surface area (Å²) in [7, 11) is 0. The van der Waals surface area contributed by atoms with Crippen LogP contribution in [-0.4, -0.2) is 25.7 Å². The first-order valence-electron chi connectivity index (χ1n) is 5.69. The van der Waals surface area contributed by atoms with Crippen molar-refractivity contribution in [2.45, 2.75) is 20.8 Å². The van der Waals surface area contributed by atoms with Gasteiger partial charge in [0.05, 0.1) is 12.2 Å². The van der Waals surface area contributed by atoms with E-state index in [4.69, 9.17) is 4.74 Å². The van der Waals surface area contributed by atoms with Gasteiger partial charge in [-0.05, 0) is 32.1 Å². The quantitative estimate of drug-likeness (QED) is 0.797. The van der Waals surface area contributed by atoms with Gasteiger partial charge in [0.15, 0.2) is 0 Å². The number of ether oxygens (including phenoxy) is 1. The molecule has 0 fully saturated rings. The summed E-state index contributed by atoms with van der Waals surface area (Å²) in [6, 6.07) is 8.96. The number of hydrogen-bond acceptors (Lipinski definition) is 3. The molecule has 0 radical (unpaired) electrons. The molecule has 0 aliphatic carbocycles. The van der Waals surface area contributed by atoms with Crippen LogP contribution in [0.4, 0.5) is 0 Å². The van der Waals surface area contributed by atoms with Gasteiger partial charge in [0.1, 0.15) is 0 Å². The molecule has 3 nitrogen and oxygen atoms in total. The first-order valence-corrected chi connectivity index (χ1v) is 5.69. The topological polar surface area (TPSA) is 38.3 Å². The van der Waals surface area contributed by atoms with Crippen LogP contribution in [0, 0.1) is 0 Å². The van der Waals surface area contributed by atoms with Crippen LogP contribution in [0.25, 0.3) is 0 Å². The lowest BCUT2D eigenvalue weighted by atomic mass is 10.2. The molecule has 0 heterocycles. The Bertz CT molecular complexity index is 271. The van der Waals surface area contributed by atoms with Crippen molar-refractivity contribution in [1.29, 1.82) is 0 Å². The molecule has 1 rings (SSSR count). The molecule has 1 aromatic rings. The first kappa shape index (κ1) is 14.6. The number of rotatable bonds is 4. The predicted octanol–water partition coefficient (Wildman–Crippen LogP) is 2.48. The van der Waals surface area contributed by atoms with Crippen molar-refractivity contribution >= 4 is 5.97 Å². The van der Waals surface area contributed by atoms with E-state index >= 15 is 0 Å². The highest BCUT2D eigenvalue weighted by Gasteiger charge is 2.02. The highest BCUT2D eigenvalue weighted by molar-refractivity contribution is 5.89. The van der Waals surface area contributed by atoms with Gasteiger partial charge in [0.25, 0.3) is 0 Å². The van der Waals surface area contributed by atoms with Crippen molar-refractivity contribution in [1.82, 2.24) is 5.32 Å². The maximum Gasteiger partial charge on any atom is 0.338 e. The van der Waals surface area contributed by atoms with Gasteiger partial charge < -0.3 is 10.1 Å². The van der Waals surface area contributed by atoms with Gasteiger partial charge in [-0.1, -0.05) is 32.0 Å². The Balaban J connectivity index is 0.000000385. The van der Waals surface area contributed by atoms with Crippen LogP contribution in [0.2, 0.25) is 0 Å². The van der Waals surface area contributed by atoms with Crippen LogP contribution < -0.4 is 5.32 Å². The zero-order valence-corrected chi connectivity index (χ0v) is 10.3.